The van der Waals surface area contributed by atoms with Crippen molar-refractivity contribution in [1.29, 1.82) is 0 Å². The van der Waals surface area contributed by atoms with E-state index >= 15 is 0 Å². The van der Waals surface area contributed by atoms with Crippen LogP contribution in [-0.2, 0) is 11.3 Å². The lowest BCUT2D eigenvalue weighted by atomic mass is 10.1. The largest absolute Gasteiger partial charge is 0.444 e. The Hall–Kier alpha value is -1.78. The Morgan fingerprint density at radius 2 is 2.00 bits per heavy atom. The molecule has 2 rings (SSSR count). The fourth-order valence-corrected chi connectivity index (χ4v) is 2.53. The number of ether oxygens (including phenoxy) is 1. The molecule has 1 aromatic heterocycles. The molecule has 1 saturated heterocycles. The molecule has 0 unspecified atom stereocenters. The highest BCUT2D eigenvalue weighted by Crippen LogP contribution is 2.20. The van der Waals surface area contributed by atoms with Gasteiger partial charge in [-0.3, -0.25) is 0 Å². The highest BCUT2D eigenvalue weighted by molar-refractivity contribution is 5.67. The molecular weight excluding hydrogens is 278 g/mol. The number of hydrogen-bond donors (Lipinski definition) is 1. The van der Waals surface area contributed by atoms with Gasteiger partial charge in [-0.2, -0.15) is 0 Å². The first-order chi connectivity index (χ1) is 10.3. The number of carbonyl (C=O) groups excluding carboxylic acids is 1. The summed E-state index contributed by atoms with van der Waals surface area (Å²) in [6.07, 6.45) is 5.25. The zero-order valence-electron chi connectivity index (χ0n) is 14.1. The van der Waals surface area contributed by atoms with E-state index in [9.17, 15) is 4.79 Å². The zero-order valence-corrected chi connectivity index (χ0v) is 14.1. The van der Waals surface area contributed by atoms with Gasteiger partial charge < -0.3 is 15.0 Å². The molecular formula is C17H27N3O2. The highest BCUT2D eigenvalue weighted by atomic mass is 16.6. The van der Waals surface area contributed by atoms with Crippen LogP contribution in [0.5, 0.6) is 0 Å². The number of aryl methyl sites for hydroxylation is 1. The van der Waals surface area contributed by atoms with Crippen molar-refractivity contribution in [2.45, 2.75) is 59.1 Å². The third-order valence-electron chi connectivity index (χ3n) is 3.71. The fourth-order valence-electron chi connectivity index (χ4n) is 2.53. The number of carbonyl (C=O) groups is 1. The maximum atomic E-state index is 11.7. The summed E-state index contributed by atoms with van der Waals surface area (Å²) in [6, 6.07) is 2.11. The average Bonchev–Trinajstić information content (AvgIpc) is 2.45. The van der Waals surface area contributed by atoms with Gasteiger partial charge in [0.25, 0.3) is 0 Å². The number of hydrogen-bond acceptors (Lipinski definition) is 4. The standard InChI is InChI=1S/C17H27N3O2/c1-13-10-15(20-8-6-5-7-9-20)18-11-14(13)12-19-16(21)22-17(2,3)4/h10-11H,5-9,12H2,1-4H3,(H,19,21). The van der Waals surface area contributed by atoms with Gasteiger partial charge >= 0.3 is 6.09 Å². The van der Waals surface area contributed by atoms with E-state index in [2.05, 4.69) is 28.2 Å². The number of amides is 1. The van der Waals surface area contributed by atoms with Crippen LogP contribution in [0.4, 0.5) is 10.6 Å². The van der Waals surface area contributed by atoms with E-state index in [0.29, 0.717) is 6.54 Å². The number of rotatable bonds is 3. The molecule has 0 atom stereocenters. The van der Waals surface area contributed by atoms with Crippen LogP contribution >= 0.6 is 0 Å². The molecule has 122 valence electrons. The summed E-state index contributed by atoms with van der Waals surface area (Å²) in [4.78, 5) is 18.6. The van der Waals surface area contributed by atoms with Crippen LogP contribution in [0.25, 0.3) is 0 Å². The summed E-state index contributed by atoms with van der Waals surface area (Å²) < 4.78 is 5.24. The zero-order chi connectivity index (χ0) is 16.2. The van der Waals surface area contributed by atoms with Crippen molar-refractivity contribution in [3.8, 4) is 0 Å². The van der Waals surface area contributed by atoms with Crippen molar-refractivity contribution in [1.82, 2.24) is 10.3 Å². The molecule has 1 aromatic rings. The summed E-state index contributed by atoms with van der Waals surface area (Å²) in [5.41, 5.74) is 1.69. The van der Waals surface area contributed by atoms with Crippen molar-refractivity contribution >= 4 is 11.9 Å². The average molecular weight is 305 g/mol. The Bertz CT molecular complexity index is 517. The van der Waals surface area contributed by atoms with Gasteiger partial charge in [0.15, 0.2) is 0 Å². The van der Waals surface area contributed by atoms with Crippen LogP contribution < -0.4 is 10.2 Å². The van der Waals surface area contributed by atoms with E-state index in [4.69, 9.17) is 4.74 Å². The molecule has 1 aliphatic heterocycles. The van der Waals surface area contributed by atoms with E-state index < -0.39 is 11.7 Å². The van der Waals surface area contributed by atoms with Gasteiger partial charge in [-0.05, 0) is 64.2 Å². The molecule has 1 aliphatic rings. The van der Waals surface area contributed by atoms with Gasteiger partial charge in [0.05, 0.1) is 0 Å². The third kappa shape index (κ3) is 4.90. The maximum Gasteiger partial charge on any atom is 0.407 e. The van der Waals surface area contributed by atoms with Crippen molar-refractivity contribution in [3.05, 3.63) is 23.4 Å². The lowest BCUT2D eigenvalue weighted by Crippen LogP contribution is -2.32. The summed E-state index contributed by atoms with van der Waals surface area (Å²) in [7, 11) is 0. The minimum Gasteiger partial charge on any atom is -0.444 e. The number of alkyl carbamates (subject to hydrolysis) is 1. The van der Waals surface area contributed by atoms with Crippen LogP contribution in [0.15, 0.2) is 12.3 Å². The van der Waals surface area contributed by atoms with Crippen molar-refractivity contribution < 1.29 is 9.53 Å². The van der Waals surface area contributed by atoms with E-state index in [0.717, 1.165) is 30.0 Å². The van der Waals surface area contributed by atoms with Gasteiger partial charge in [0.1, 0.15) is 11.4 Å². The first-order valence-corrected chi connectivity index (χ1v) is 8.02. The Labute approximate surface area is 133 Å². The van der Waals surface area contributed by atoms with Gasteiger partial charge in [-0.25, -0.2) is 9.78 Å². The van der Waals surface area contributed by atoms with Crippen molar-refractivity contribution in [3.63, 3.8) is 0 Å². The molecule has 1 amide bonds. The number of piperidine rings is 1. The summed E-state index contributed by atoms with van der Waals surface area (Å²) in [6.45, 7) is 10.2. The lowest BCUT2D eigenvalue weighted by Gasteiger charge is -2.28. The van der Waals surface area contributed by atoms with Gasteiger partial charge in [-0.15, -0.1) is 0 Å². The minimum atomic E-state index is -0.477. The molecule has 5 nitrogen and oxygen atoms in total. The molecule has 22 heavy (non-hydrogen) atoms. The summed E-state index contributed by atoms with van der Waals surface area (Å²) in [5.74, 6) is 1.04. The van der Waals surface area contributed by atoms with Crippen LogP contribution in [-0.4, -0.2) is 29.8 Å². The molecule has 0 aliphatic carbocycles. The summed E-state index contributed by atoms with van der Waals surface area (Å²) >= 11 is 0. The minimum absolute atomic E-state index is 0.396. The molecule has 2 heterocycles. The van der Waals surface area contributed by atoms with E-state index in [1.165, 1.54) is 19.3 Å². The smallest absolute Gasteiger partial charge is 0.407 e. The Morgan fingerprint density at radius 3 is 2.59 bits per heavy atom. The van der Waals surface area contributed by atoms with Crippen molar-refractivity contribution in [2.75, 3.05) is 18.0 Å². The molecule has 0 spiro atoms. The highest BCUT2D eigenvalue weighted by Gasteiger charge is 2.16. The number of nitrogens with zero attached hydrogens (tertiary/aromatic N) is 2. The molecule has 0 radical (unpaired) electrons. The molecule has 1 N–H and O–H groups in total. The second-order valence-electron chi connectivity index (χ2n) is 6.87. The lowest BCUT2D eigenvalue weighted by molar-refractivity contribution is 0.0523. The molecule has 0 bridgehead atoms. The second kappa shape index (κ2) is 6.99. The van der Waals surface area contributed by atoms with Gasteiger partial charge in [0.2, 0.25) is 0 Å². The quantitative estimate of drug-likeness (QED) is 0.930. The first kappa shape index (κ1) is 16.6. The van der Waals surface area contributed by atoms with Gasteiger partial charge in [-0.1, -0.05) is 0 Å². The van der Waals surface area contributed by atoms with Crippen LogP contribution in [0.3, 0.4) is 0 Å². The first-order valence-electron chi connectivity index (χ1n) is 8.02. The van der Waals surface area contributed by atoms with Crippen LogP contribution in [0.1, 0.15) is 51.2 Å². The SMILES string of the molecule is Cc1cc(N2CCCCC2)ncc1CNC(=O)OC(C)(C)C. The fraction of sp³-hybridized carbons (Fsp3) is 0.647. The van der Waals surface area contributed by atoms with E-state index in [1.54, 1.807) is 0 Å². The van der Waals surface area contributed by atoms with E-state index in [1.807, 2.05) is 27.0 Å². The van der Waals surface area contributed by atoms with Crippen LogP contribution in [0, 0.1) is 6.92 Å². The predicted molar refractivity (Wildman–Crippen MR) is 88.1 cm³/mol. The van der Waals surface area contributed by atoms with Crippen LogP contribution in [0.2, 0.25) is 0 Å². The number of anilines is 1. The number of pyridine rings is 1. The van der Waals surface area contributed by atoms with Crippen molar-refractivity contribution in [2.24, 2.45) is 0 Å². The topological polar surface area (TPSA) is 54.5 Å². The Morgan fingerprint density at radius 1 is 1.32 bits per heavy atom. The Balaban J connectivity index is 1.93. The predicted octanol–water partition coefficient (Wildman–Crippen LogP) is 3.41. The number of nitrogens with one attached hydrogen (secondary N) is 1. The normalized spacial score (nSPS) is 15.5. The maximum absolute atomic E-state index is 11.7. The molecule has 5 heteroatoms. The van der Waals surface area contributed by atoms with E-state index in [-0.39, 0.29) is 0 Å². The third-order valence-corrected chi connectivity index (χ3v) is 3.71. The second-order valence-corrected chi connectivity index (χ2v) is 6.87. The monoisotopic (exact) mass is 305 g/mol. The molecule has 0 saturated carbocycles. The molecule has 1 fully saturated rings. The number of aromatic nitrogens is 1. The Kier molecular flexibility index (Phi) is 5.27. The van der Waals surface area contributed by atoms with Gasteiger partial charge in [0, 0.05) is 25.8 Å². The molecule has 0 aromatic carbocycles. The summed E-state index contributed by atoms with van der Waals surface area (Å²) in [5, 5.41) is 2.78.